The van der Waals surface area contributed by atoms with Gasteiger partial charge in [0.1, 0.15) is 5.82 Å². The predicted octanol–water partition coefficient (Wildman–Crippen LogP) is 2.12. The van der Waals surface area contributed by atoms with E-state index in [1.54, 1.807) is 0 Å². The summed E-state index contributed by atoms with van der Waals surface area (Å²) in [4.78, 5) is 8.06. The van der Waals surface area contributed by atoms with Crippen LogP contribution in [-0.4, -0.2) is 29.7 Å². The quantitative estimate of drug-likeness (QED) is 0.825. The molecule has 4 heteroatoms. The van der Waals surface area contributed by atoms with Crippen LogP contribution in [0, 0.1) is 0 Å². The molecule has 0 spiro atoms. The maximum atomic E-state index is 5.48. The summed E-state index contributed by atoms with van der Waals surface area (Å²) >= 11 is 0. The van der Waals surface area contributed by atoms with Crippen molar-refractivity contribution in [1.82, 2.24) is 15.3 Å². The summed E-state index contributed by atoms with van der Waals surface area (Å²) in [6, 6.07) is 0.300. The Morgan fingerprint density at radius 1 is 1.24 bits per heavy atom. The van der Waals surface area contributed by atoms with Gasteiger partial charge in [-0.2, -0.15) is 0 Å². The summed E-state index contributed by atoms with van der Waals surface area (Å²) in [6.45, 7) is 2.51. The molecule has 2 N–H and O–H groups in total. The minimum absolute atomic E-state index is 0.300. The molecule has 1 aromatic rings. The zero-order valence-electron chi connectivity index (χ0n) is 10.2. The Morgan fingerprint density at radius 3 is 2.88 bits per heavy atom. The Balaban J connectivity index is 1.68. The van der Waals surface area contributed by atoms with Crippen LogP contribution in [0.5, 0.6) is 0 Å². The van der Waals surface area contributed by atoms with E-state index in [1.165, 1.54) is 43.6 Å². The molecule has 1 atom stereocenters. The van der Waals surface area contributed by atoms with Crippen LogP contribution < -0.4 is 5.32 Å². The second-order valence-corrected chi connectivity index (χ2v) is 5.14. The van der Waals surface area contributed by atoms with Crippen molar-refractivity contribution in [2.45, 2.75) is 44.1 Å². The summed E-state index contributed by atoms with van der Waals surface area (Å²) in [5.74, 6) is 1.84. The van der Waals surface area contributed by atoms with Crippen molar-refractivity contribution in [3.8, 4) is 0 Å². The second-order valence-electron chi connectivity index (χ2n) is 5.14. The largest absolute Gasteiger partial charge is 0.378 e. The van der Waals surface area contributed by atoms with Crippen molar-refractivity contribution in [2.75, 3.05) is 19.8 Å². The zero-order chi connectivity index (χ0) is 11.5. The highest BCUT2D eigenvalue weighted by atomic mass is 16.5. The smallest absolute Gasteiger partial charge is 0.109 e. The van der Waals surface area contributed by atoms with Gasteiger partial charge in [0, 0.05) is 18.7 Å². The number of hydrogen-bond donors (Lipinski definition) is 2. The van der Waals surface area contributed by atoms with Gasteiger partial charge in [0.2, 0.25) is 0 Å². The molecule has 94 valence electrons. The van der Waals surface area contributed by atoms with Gasteiger partial charge in [-0.1, -0.05) is 19.3 Å². The molecule has 1 aromatic heterocycles. The first-order valence-corrected chi connectivity index (χ1v) is 6.79. The van der Waals surface area contributed by atoms with E-state index in [2.05, 4.69) is 15.3 Å². The average molecular weight is 235 g/mol. The Hall–Kier alpha value is -0.870. The molecule has 0 radical (unpaired) electrons. The van der Waals surface area contributed by atoms with Gasteiger partial charge in [-0.3, -0.25) is 0 Å². The molecule has 1 aliphatic heterocycles. The Bertz CT molecular complexity index is 319. The van der Waals surface area contributed by atoms with Crippen LogP contribution in [0.1, 0.15) is 55.6 Å². The van der Waals surface area contributed by atoms with Gasteiger partial charge in [-0.05, 0) is 12.8 Å². The van der Waals surface area contributed by atoms with E-state index in [0.29, 0.717) is 12.0 Å². The van der Waals surface area contributed by atoms with Crippen LogP contribution in [0.25, 0.3) is 0 Å². The lowest BCUT2D eigenvalue weighted by Gasteiger charge is -2.23. The number of nitrogens with one attached hydrogen (secondary N) is 2. The molecule has 1 aliphatic carbocycles. The van der Waals surface area contributed by atoms with E-state index < -0.39 is 0 Å². The van der Waals surface area contributed by atoms with Crippen LogP contribution in [-0.2, 0) is 4.74 Å². The normalized spacial score (nSPS) is 27.2. The number of rotatable bonds is 2. The first-order chi connectivity index (χ1) is 8.43. The summed E-state index contributed by atoms with van der Waals surface area (Å²) in [5.41, 5.74) is 1.19. The fourth-order valence-electron chi connectivity index (χ4n) is 2.88. The molecule has 2 fully saturated rings. The molecule has 0 amide bonds. The van der Waals surface area contributed by atoms with Crippen molar-refractivity contribution in [2.24, 2.45) is 0 Å². The van der Waals surface area contributed by atoms with Crippen molar-refractivity contribution < 1.29 is 4.74 Å². The summed E-state index contributed by atoms with van der Waals surface area (Å²) in [7, 11) is 0. The fourth-order valence-corrected chi connectivity index (χ4v) is 2.88. The minimum Gasteiger partial charge on any atom is -0.378 e. The molecule has 1 saturated carbocycles. The summed E-state index contributed by atoms with van der Waals surface area (Å²) in [6.07, 6.45) is 8.67. The lowest BCUT2D eigenvalue weighted by atomic mass is 9.89. The Kier molecular flexibility index (Phi) is 3.43. The van der Waals surface area contributed by atoms with E-state index >= 15 is 0 Å². The number of nitrogens with zero attached hydrogens (tertiary/aromatic N) is 1. The highest BCUT2D eigenvalue weighted by Gasteiger charge is 2.21. The Morgan fingerprint density at radius 2 is 2.12 bits per heavy atom. The molecule has 0 bridgehead atoms. The molecule has 3 rings (SSSR count). The van der Waals surface area contributed by atoms with Gasteiger partial charge in [-0.15, -0.1) is 0 Å². The van der Waals surface area contributed by atoms with Gasteiger partial charge in [0.15, 0.2) is 0 Å². The monoisotopic (exact) mass is 235 g/mol. The molecular formula is C13H21N3O. The number of imidazole rings is 1. The number of hydrogen-bond acceptors (Lipinski definition) is 3. The van der Waals surface area contributed by atoms with Gasteiger partial charge < -0.3 is 15.0 Å². The molecule has 17 heavy (non-hydrogen) atoms. The van der Waals surface area contributed by atoms with Crippen molar-refractivity contribution in [3.63, 3.8) is 0 Å². The third kappa shape index (κ3) is 2.53. The van der Waals surface area contributed by atoms with E-state index in [4.69, 9.17) is 4.74 Å². The van der Waals surface area contributed by atoms with Crippen LogP contribution in [0.4, 0.5) is 0 Å². The standard InChI is InChI=1S/C13H21N3O/c1-2-4-10(5-3-1)13-15-8-11(16-13)12-9-17-7-6-14-12/h8,10,12,14H,1-7,9H2,(H,15,16). The molecule has 2 heterocycles. The van der Waals surface area contributed by atoms with Gasteiger partial charge >= 0.3 is 0 Å². The van der Waals surface area contributed by atoms with Gasteiger partial charge in [0.25, 0.3) is 0 Å². The highest BCUT2D eigenvalue weighted by Crippen LogP contribution is 2.31. The molecule has 1 unspecified atom stereocenters. The Labute approximate surface area is 102 Å². The number of aromatic amines is 1. The van der Waals surface area contributed by atoms with Crippen LogP contribution in [0.15, 0.2) is 6.20 Å². The van der Waals surface area contributed by atoms with Crippen molar-refractivity contribution in [3.05, 3.63) is 17.7 Å². The van der Waals surface area contributed by atoms with E-state index in [-0.39, 0.29) is 0 Å². The lowest BCUT2D eigenvalue weighted by molar-refractivity contribution is 0.0757. The number of H-pyrrole nitrogens is 1. The van der Waals surface area contributed by atoms with E-state index in [9.17, 15) is 0 Å². The van der Waals surface area contributed by atoms with Crippen LogP contribution in [0.3, 0.4) is 0 Å². The third-order valence-corrected chi connectivity index (χ3v) is 3.90. The maximum Gasteiger partial charge on any atom is 0.109 e. The maximum absolute atomic E-state index is 5.48. The second kappa shape index (κ2) is 5.19. The topological polar surface area (TPSA) is 49.9 Å². The van der Waals surface area contributed by atoms with Crippen LogP contribution in [0.2, 0.25) is 0 Å². The van der Waals surface area contributed by atoms with Crippen molar-refractivity contribution in [1.29, 1.82) is 0 Å². The molecule has 1 saturated heterocycles. The zero-order valence-corrected chi connectivity index (χ0v) is 10.2. The van der Waals surface area contributed by atoms with E-state index in [0.717, 1.165) is 19.8 Å². The minimum atomic E-state index is 0.300. The SMILES string of the molecule is c1nc(C2CCCCC2)[nH]c1C1COCCN1. The molecule has 4 nitrogen and oxygen atoms in total. The first kappa shape index (κ1) is 11.2. The van der Waals surface area contributed by atoms with E-state index in [1.807, 2.05) is 6.20 Å². The fraction of sp³-hybridized carbons (Fsp3) is 0.769. The highest BCUT2D eigenvalue weighted by molar-refractivity contribution is 5.10. The average Bonchev–Trinajstić information content (AvgIpc) is 2.90. The summed E-state index contributed by atoms with van der Waals surface area (Å²) < 4.78 is 5.48. The van der Waals surface area contributed by atoms with Crippen molar-refractivity contribution >= 4 is 0 Å². The third-order valence-electron chi connectivity index (χ3n) is 3.90. The lowest BCUT2D eigenvalue weighted by Crippen LogP contribution is -2.34. The molecule has 2 aliphatic rings. The predicted molar refractivity (Wildman–Crippen MR) is 66.0 cm³/mol. The van der Waals surface area contributed by atoms with Gasteiger partial charge in [0.05, 0.1) is 24.9 Å². The van der Waals surface area contributed by atoms with Gasteiger partial charge in [-0.25, -0.2) is 4.98 Å². The number of morpholine rings is 1. The number of aromatic nitrogens is 2. The van der Waals surface area contributed by atoms with Crippen LogP contribution >= 0.6 is 0 Å². The molecule has 0 aromatic carbocycles. The first-order valence-electron chi connectivity index (χ1n) is 6.79. The number of ether oxygens (including phenoxy) is 1. The molecular weight excluding hydrogens is 214 g/mol. The summed E-state index contributed by atoms with van der Waals surface area (Å²) in [5, 5.41) is 3.46.